The van der Waals surface area contributed by atoms with E-state index in [1.54, 1.807) is 0 Å². The Morgan fingerprint density at radius 3 is 2.17 bits per heavy atom. The summed E-state index contributed by atoms with van der Waals surface area (Å²) in [4.78, 5) is 26.1. The van der Waals surface area contributed by atoms with Gasteiger partial charge in [-0.1, -0.05) is 0 Å². The second-order valence-electron chi connectivity index (χ2n) is 6.19. The van der Waals surface area contributed by atoms with Crippen molar-refractivity contribution in [3.8, 4) is 0 Å². The summed E-state index contributed by atoms with van der Waals surface area (Å²) >= 11 is -2.46. The molecule has 1 heterocycles. The molecule has 3 heteroatoms. The van der Waals surface area contributed by atoms with Crippen LogP contribution in [0.2, 0.25) is 0 Å². The van der Waals surface area contributed by atoms with Crippen LogP contribution in [0.5, 0.6) is 0 Å². The Labute approximate surface area is 148 Å². The summed E-state index contributed by atoms with van der Waals surface area (Å²) in [7, 11) is 0. The minimum atomic E-state index is -2.46. The fraction of sp³-hybridized carbons (Fsp3) is 0.143. The van der Waals surface area contributed by atoms with Crippen LogP contribution in [0, 0.1) is 13.8 Å². The zero-order valence-corrected chi connectivity index (χ0v) is 15.8. The quantitative estimate of drug-likeness (QED) is 0.309. The van der Waals surface area contributed by atoms with Crippen LogP contribution in [-0.2, 0) is 4.43 Å². The van der Waals surface area contributed by atoms with Crippen LogP contribution in [0.25, 0.3) is 10.8 Å². The van der Waals surface area contributed by atoms with Crippen molar-refractivity contribution in [2.75, 3.05) is 0 Å². The van der Waals surface area contributed by atoms with E-state index in [0.29, 0.717) is 4.43 Å². The van der Waals surface area contributed by atoms with Crippen LogP contribution in [-0.4, -0.2) is 7.58 Å². The Kier molecular flexibility index (Phi) is 3.76. The van der Waals surface area contributed by atoms with Crippen molar-refractivity contribution in [2.24, 2.45) is 0 Å². The summed E-state index contributed by atoms with van der Waals surface area (Å²) in [5.41, 5.74) is 4.90. The maximum atomic E-state index is 13.0. The molecule has 0 radical (unpaired) electrons. The van der Waals surface area contributed by atoms with Gasteiger partial charge in [0.25, 0.3) is 0 Å². The molecule has 0 N–H and O–H groups in total. The molecular weight excluding hydrogens is 411 g/mol. The van der Waals surface area contributed by atoms with Gasteiger partial charge in [0.1, 0.15) is 0 Å². The van der Waals surface area contributed by atoms with Gasteiger partial charge in [0.2, 0.25) is 0 Å². The van der Waals surface area contributed by atoms with Gasteiger partial charge in [-0.25, -0.2) is 0 Å². The van der Waals surface area contributed by atoms with E-state index in [2.05, 4.69) is 0 Å². The molecule has 3 aromatic rings. The first kappa shape index (κ1) is 15.5. The molecule has 3 aromatic carbocycles. The number of aryl methyl sites for hydroxylation is 2. The second kappa shape index (κ2) is 5.81. The third-order valence-corrected chi connectivity index (χ3v) is 9.68. The average Bonchev–Trinajstić information content (AvgIpc) is 2.59. The number of rotatable bonds is 2. The molecule has 120 valence electrons. The molecule has 0 unspecified atom stereocenters. The molecule has 1 aliphatic heterocycles. The van der Waals surface area contributed by atoms with Crippen molar-refractivity contribution in [2.45, 2.75) is 18.3 Å². The monoisotopic (exact) mass is 428 g/mol. The predicted octanol–water partition coefficient (Wildman–Crippen LogP) is 5.46. The fourth-order valence-electron chi connectivity index (χ4n) is 3.16. The third-order valence-electron chi connectivity index (χ3n) is 4.51. The van der Waals surface area contributed by atoms with Gasteiger partial charge in [-0.2, -0.15) is 0 Å². The second-order valence-corrected chi connectivity index (χ2v) is 11.0. The van der Waals surface area contributed by atoms with Crippen LogP contribution in [0.4, 0.5) is 0 Å². The zero-order valence-electron chi connectivity index (χ0n) is 13.6. The molecule has 24 heavy (non-hydrogen) atoms. The molecule has 0 atom stereocenters. The Morgan fingerprint density at radius 2 is 1.46 bits per heavy atom. The summed E-state index contributed by atoms with van der Waals surface area (Å²) < 4.78 is 0.827. The van der Waals surface area contributed by atoms with Crippen molar-refractivity contribution in [1.82, 2.24) is 0 Å². The first-order chi connectivity index (χ1) is 11.6. The average molecular weight is 428 g/mol. The van der Waals surface area contributed by atoms with Gasteiger partial charge in [0.15, 0.2) is 0 Å². The van der Waals surface area contributed by atoms with E-state index >= 15 is 0 Å². The van der Waals surface area contributed by atoms with Crippen LogP contribution >= 0.6 is 19.8 Å². The van der Waals surface area contributed by atoms with Gasteiger partial charge >= 0.3 is 148 Å². The van der Waals surface area contributed by atoms with E-state index in [1.165, 1.54) is 5.56 Å². The molecule has 0 spiro atoms. The number of benzene rings is 3. The van der Waals surface area contributed by atoms with Gasteiger partial charge < -0.3 is 0 Å². The zero-order chi connectivity index (χ0) is 16.8. The number of alkyl halides is 1. The van der Waals surface area contributed by atoms with Crippen LogP contribution in [0.15, 0.2) is 54.6 Å². The summed E-state index contributed by atoms with van der Waals surface area (Å²) in [5, 5.41) is 1.89. The van der Waals surface area contributed by atoms with Crippen molar-refractivity contribution >= 4 is 38.2 Å². The van der Waals surface area contributed by atoms with E-state index in [4.69, 9.17) is 0 Å². The first-order valence-corrected chi connectivity index (χ1v) is 11.6. The summed E-state index contributed by atoms with van der Waals surface area (Å²) in [6, 6.07) is 17.9. The van der Waals surface area contributed by atoms with Gasteiger partial charge in [0.05, 0.1) is 0 Å². The molecule has 0 saturated heterocycles. The third kappa shape index (κ3) is 2.38. The van der Waals surface area contributed by atoms with E-state index in [1.807, 2.05) is 68.4 Å². The molecule has 0 fully saturated rings. The van der Waals surface area contributed by atoms with E-state index in [-0.39, 0.29) is 7.58 Å². The minimum absolute atomic E-state index is 0.105. The molecule has 4 rings (SSSR count). The Balaban J connectivity index is 1.83. The van der Waals surface area contributed by atoms with E-state index < -0.39 is 19.8 Å². The summed E-state index contributed by atoms with van der Waals surface area (Å²) in [6.07, 6.45) is 0. The van der Waals surface area contributed by atoms with Gasteiger partial charge in [-0.05, 0) is 0 Å². The number of carbonyl (C=O) groups is 2. The number of carbonyl (C=O) groups excluding carboxylic acids is 2. The molecule has 0 aliphatic carbocycles. The summed E-state index contributed by atoms with van der Waals surface area (Å²) in [5.74, 6) is 0. The van der Waals surface area contributed by atoms with Gasteiger partial charge in [-0.15, -0.1) is 0 Å². The fourth-order valence-corrected chi connectivity index (χ4v) is 7.99. The molecule has 2 nitrogen and oxygen atoms in total. The molecule has 0 aromatic heterocycles. The topological polar surface area (TPSA) is 34.1 Å². The van der Waals surface area contributed by atoms with Crippen LogP contribution in [0.3, 0.4) is 0 Å². The van der Waals surface area contributed by atoms with Gasteiger partial charge in [-0.3, -0.25) is 0 Å². The van der Waals surface area contributed by atoms with Crippen molar-refractivity contribution in [1.29, 1.82) is 0 Å². The number of hydrogen-bond acceptors (Lipinski definition) is 2. The normalized spacial score (nSPS) is 15.2. The van der Waals surface area contributed by atoms with Gasteiger partial charge in [0, 0.05) is 0 Å². The Morgan fingerprint density at radius 1 is 0.792 bits per heavy atom. The van der Waals surface area contributed by atoms with E-state index in [0.717, 1.165) is 33.0 Å². The molecule has 0 amide bonds. The number of hydrogen-bond donors (Lipinski definition) is 0. The Bertz CT molecular complexity index is 964. The predicted molar refractivity (Wildman–Crippen MR) is 106 cm³/mol. The van der Waals surface area contributed by atoms with Crippen molar-refractivity contribution in [3.63, 3.8) is 0 Å². The van der Waals surface area contributed by atoms with Crippen molar-refractivity contribution < 1.29 is 9.59 Å². The summed E-state index contributed by atoms with van der Waals surface area (Å²) in [6.45, 7) is 4.06. The van der Waals surface area contributed by atoms with Crippen LogP contribution < -0.4 is 0 Å². The van der Waals surface area contributed by atoms with Crippen LogP contribution in [0.1, 0.15) is 37.4 Å². The maximum absolute atomic E-state index is 13.0. The molecule has 1 aliphatic rings. The van der Waals surface area contributed by atoms with E-state index in [9.17, 15) is 9.59 Å². The molecule has 0 bridgehead atoms. The first-order valence-electron chi connectivity index (χ1n) is 7.88. The Hall–Kier alpha value is -2.01. The van der Waals surface area contributed by atoms with Crippen molar-refractivity contribution in [3.05, 3.63) is 82.4 Å². The standard InChI is InChI=1S/C21H17IO2/c1-13-6-9-15(10-7-13)12-22-20(23)17-5-3-4-16-14(2)8-11-18(19(16)17)21(22)24/h3-11H,12H2,1-2H3. The molecular formula is C21H17IO2. The molecule has 0 saturated carbocycles. The number of halogens is 1. The SMILES string of the molecule is Cc1ccc(CI2C(=O)c3cccc4c(C)ccc(c34)C2=O)cc1.